The first kappa shape index (κ1) is 28.8. The maximum atomic E-state index is 15.4. The molecule has 2 aromatic rings. The van der Waals surface area contributed by atoms with E-state index in [4.69, 9.17) is 9.47 Å². The number of carbonyl (C=O) groups is 2. The van der Waals surface area contributed by atoms with Crippen LogP contribution in [0.4, 0.5) is 10.1 Å². The number of likely N-dealkylation sites (N-methyl/N-ethyl adjacent to an activating group) is 1. The minimum absolute atomic E-state index is 0.0626. The molecule has 0 unspecified atom stereocenters. The first-order valence-electron chi connectivity index (χ1n) is 13.8. The lowest BCUT2D eigenvalue weighted by Gasteiger charge is -2.31. The first-order chi connectivity index (χ1) is 18.4. The van der Waals surface area contributed by atoms with Gasteiger partial charge in [-0.05, 0) is 76.3 Å². The summed E-state index contributed by atoms with van der Waals surface area (Å²) in [6.07, 6.45) is 4.90. The van der Waals surface area contributed by atoms with Crippen molar-refractivity contribution in [2.75, 3.05) is 25.1 Å². The predicted octanol–water partition coefficient (Wildman–Crippen LogP) is 5.73. The number of nitrogens with one attached hydrogen (secondary N) is 1. The zero-order chi connectivity index (χ0) is 28.5. The van der Waals surface area contributed by atoms with E-state index in [0.717, 1.165) is 38.5 Å². The second-order valence-corrected chi connectivity index (χ2v) is 11.6. The highest BCUT2D eigenvalue weighted by atomic mass is 19.1. The van der Waals surface area contributed by atoms with E-state index < -0.39 is 23.5 Å². The molecule has 1 aliphatic carbocycles. The molecule has 2 aliphatic rings. The van der Waals surface area contributed by atoms with Crippen LogP contribution in [0.25, 0.3) is 11.1 Å². The number of aromatic nitrogens is 1. The van der Waals surface area contributed by atoms with Gasteiger partial charge in [0.15, 0.2) is 17.7 Å². The third-order valence-electron chi connectivity index (χ3n) is 7.43. The van der Waals surface area contributed by atoms with Gasteiger partial charge in [0.1, 0.15) is 12.3 Å². The average molecular weight is 542 g/mol. The summed E-state index contributed by atoms with van der Waals surface area (Å²) in [5, 5.41) is 13.4. The van der Waals surface area contributed by atoms with Crippen molar-refractivity contribution in [2.45, 2.75) is 90.9 Å². The Kier molecular flexibility index (Phi) is 8.49. The van der Waals surface area contributed by atoms with Gasteiger partial charge >= 0.3 is 5.97 Å². The van der Waals surface area contributed by atoms with Crippen LogP contribution in [-0.4, -0.2) is 53.8 Å². The molecule has 2 N–H and O–H groups in total. The van der Waals surface area contributed by atoms with E-state index in [9.17, 15) is 14.7 Å². The molecule has 9 heteroatoms. The lowest BCUT2D eigenvalue weighted by Crippen LogP contribution is -2.36. The van der Waals surface area contributed by atoms with Crippen LogP contribution in [-0.2, 0) is 9.53 Å². The van der Waals surface area contributed by atoms with Crippen LogP contribution in [0.15, 0.2) is 12.1 Å². The van der Waals surface area contributed by atoms with E-state index in [1.165, 1.54) is 6.07 Å². The van der Waals surface area contributed by atoms with Crippen molar-refractivity contribution >= 4 is 17.6 Å². The largest absolute Gasteiger partial charge is 0.486 e. The Balaban J connectivity index is 1.91. The summed E-state index contributed by atoms with van der Waals surface area (Å²) in [4.78, 5) is 32.6. The second kappa shape index (κ2) is 11.5. The summed E-state index contributed by atoms with van der Waals surface area (Å²) in [5.74, 6) is -1.89. The number of nitrogens with zero attached hydrogens (tertiary/aromatic N) is 2. The number of benzene rings is 1. The van der Waals surface area contributed by atoms with Crippen molar-refractivity contribution in [2.24, 2.45) is 0 Å². The van der Waals surface area contributed by atoms with Crippen molar-refractivity contribution in [1.82, 2.24) is 10.3 Å². The Hall–Kier alpha value is -3.20. The number of ether oxygens (including phenoxy) is 2. The minimum atomic E-state index is -1.38. The normalized spacial score (nSPS) is 17.2. The van der Waals surface area contributed by atoms with Crippen molar-refractivity contribution in [3.05, 3.63) is 40.5 Å². The Labute approximate surface area is 229 Å². The summed E-state index contributed by atoms with van der Waals surface area (Å²) >= 11 is 0. The van der Waals surface area contributed by atoms with Gasteiger partial charge in [0.05, 0.1) is 17.8 Å². The van der Waals surface area contributed by atoms with Gasteiger partial charge in [-0.15, -0.1) is 0 Å². The quantitative estimate of drug-likeness (QED) is 0.451. The van der Waals surface area contributed by atoms with Gasteiger partial charge < -0.3 is 24.8 Å². The zero-order valence-electron chi connectivity index (χ0n) is 23.8. The van der Waals surface area contributed by atoms with Crippen molar-refractivity contribution in [1.29, 1.82) is 0 Å². The average Bonchev–Trinajstić information content (AvgIpc) is 3.12. The first-order valence-corrected chi connectivity index (χ1v) is 13.8. The molecular formula is C30H40FN3O5. The van der Waals surface area contributed by atoms with E-state index in [1.807, 2.05) is 11.9 Å². The number of pyridine rings is 1. The molecular weight excluding hydrogens is 501 g/mol. The number of carboxylic acids is 1. The van der Waals surface area contributed by atoms with Crippen LogP contribution in [0.2, 0.25) is 0 Å². The summed E-state index contributed by atoms with van der Waals surface area (Å²) < 4.78 is 27.0. The molecule has 4 rings (SSSR count). The molecule has 1 aromatic heterocycles. The van der Waals surface area contributed by atoms with Gasteiger partial charge in [0.25, 0.3) is 5.91 Å². The van der Waals surface area contributed by atoms with Gasteiger partial charge in [-0.1, -0.05) is 25.7 Å². The maximum absolute atomic E-state index is 15.4. The number of anilines is 1. The molecule has 1 aliphatic heterocycles. The lowest BCUT2D eigenvalue weighted by atomic mass is 9.89. The third-order valence-corrected chi connectivity index (χ3v) is 7.43. The van der Waals surface area contributed by atoms with E-state index in [-0.39, 0.29) is 23.4 Å². The number of fused-ring (bicyclic) bond motifs is 1. The van der Waals surface area contributed by atoms with E-state index in [1.54, 1.807) is 40.7 Å². The fourth-order valence-corrected chi connectivity index (χ4v) is 5.55. The molecule has 1 amide bonds. The summed E-state index contributed by atoms with van der Waals surface area (Å²) in [5.41, 5.74) is 1.98. The smallest absolute Gasteiger partial charge is 0.337 e. The van der Waals surface area contributed by atoms with Gasteiger partial charge in [-0.2, -0.15) is 0 Å². The van der Waals surface area contributed by atoms with Gasteiger partial charge in [0.2, 0.25) is 0 Å². The van der Waals surface area contributed by atoms with Crippen molar-refractivity contribution < 1.29 is 28.6 Å². The number of carboxylic acid groups (broad SMARTS) is 1. The molecule has 0 bridgehead atoms. The highest BCUT2D eigenvalue weighted by molar-refractivity contribution is 5.97. The SMILES string of the molecule is Cc1nc(C(=O)NC2CCCCCC2)c(C)c(-c2cc(F)c3c(c2)N(C)CCO3)c1[C@H](OC(C)(C)C)C(=O)O. The molecule has 1 atom stereocenters. The topological polar surface area (TPSA) is 101 Å². The Morgan fingerprint density at radius 3 is 2.46 bits per heavy atom. The molecule has 0 saturated heterocycles. The number of aliphatic carboxylic acids is 1. The second-order valence-electron chi connectivity index (χ2n) is 11.6. The van der Waals surface area contributed by atoms with Crippen LogP contribution >= 0.6 is 0 Å². The van der Waals surface area contributed by atoms with Crippen LogP contribution < -0.4 is 15.0 Å². The van der Waals surface area contributed by atoms with Crippen LogP contribution in [0.5, 0.6) is 5.75 Å². The summed E-state index contributed by atoms with van der Waals surface area (Å²) in [6, 6.07) is 3.19. The fourth-order valence-electron chi connectivity index (χ4n) is 5.55. The van der Waals surface area contributed by atoms with Gasteiger partial charge in [-0.25, -0.2) is 14.2 Å². The number of hydrogen-bond donors (Lipinski definition) is 2. The Morgan fingerprint density at radius 2 is 1.85 bits per heavy atom. The standard InChI is InChI=1S/C30H40FN3O5/c1-17-23(19-15-21(31)26-22(16-19)34(6)13-14-38-26)24(27(29(36)37)39-30(3,4)5)18(2)32-25(17)28(35)33-20-11-9-7-8-10-12-20/h15-16,20,27H,7-14H2,1-6H3,(H,33,35)(H,36,37)/t27-/m0/s1. The zero-order valence-corrected chi connectivity index (χ0v) is 23.8. The Morgan fingerprint density at radius 1 is 1.18 bits per heavy atom. The molecule has 1 aromatic carbocycles. The molecule has 8 nitrogen and oxygen atoms in total. The number of hydrogen-bond acceptors (Lipinski definition) is 6. The Bertz CT molecular complexity index is 1250. The van der Waals surface area contributed by atoms with E-state index in [2.05, 4.69) is 10.3 Å². The minimum Gasteiger partial charge on any atom is -0.486 e. The molecule has 212 valence electrons. The molecule has 39 heavy (non-hydrogen) atoms. The summed E-state index contributed by atoms with van der Waals surface area (Å²) in [6.45, 7) is 9.68. The van der Waals surface area contributed by atoms with Crippen LogP contribution in [0.1, 0.15) is 92.7 Å². The molecule has 0 radical (unpaired) electrons. The highest BCUT2D eigenvalue weighted by Gasteiger charge is 2.34. The fraction of sp³-hybridized carbons (Fsp3) is 0.567. The molecule has 1 fully saturated rings. The highest BCUT2D eigenvalue weighted by Crippen LogP contribution is 2.43. The molecule has 0 spiro atoms. The predicted molar refractivity (Wildman–Crippen MR) is 148 cm³/mol. The third kappa shape index (κ3) is 6.35. The number of aryl methyl sites for hydroxylation is 1. The number of carbonyl (C=O) groups excluding carboxylic acids is 1. The van der Waals surface area contributed by atoms with E-state index >= 15 is 4.39 Å². The lowest BCUT2D eigenvalue weighted by molar-refractivity contribution is -0.160. The van der Waals surface area contributed by atoms with E-state index in [0.29, 0.717) is 46.8 Å². The number of halogens is 1. The summed E-state index contributed by atoms with van der Waals surface area (Å²) in [7, 11) is 1.85. The van der Waals surface area contributed by atoms with Gasteiger partial charge in [-0.3, -0.25) is 4.79 Å². The molecule has 1 saturated carbocycles. The number of rotatable bonds is 6. The maximum Gasteiger partial charge on any atom is 0.337 e. The van der Waals surface area contributed by atoms with Crippen LogP contribution in [0, 0.1) is 19.7 Å². The monoisotopic (exact) mass is 541 g/mol. The van der Waals surface area contributed by atoms with Crippen molar-refractivity contribution in [3.8, 4) is 16.9 Å². The van der Waals surface area contributed by atoms with Gasteiger partial charge in [0, 0.05) is 24.3 Å². The number of amides is 1. The van der Waals surface area contributed by atoms with Crippen LogP contribution in [0.3, 0.4) is 0 Å². The van der Waals surface area contributed by atoms with Crippen molar-refractivity contribution in [3.63, 3.8) is 0 Å². The molecule has 2 heterocycles.